The van der Waals surface area contributed by atoms with Crippen LogP contribution in [0.3, 0.4) is 0 Å². The minimum atomic E-state index is -0.611. The molecule has 3 aliphatic rings. The van der Waals surface area contributed by atoms with Gasteiger partial charge in [-0.15, -0.1) is 0 Å². The van der Waals surface area contributed by atoms with Gasteiger partial charge in [-0.05, 0) is 56.3 Å². The Morgan fingerprint density at radius 1 is 1.16 bits per heavy atom. The molecule has 2 aliphatic heterocycles. The van der Waals surface area contributed by atoms with Crippen LogP contribution in [0.5, 0.6) is 0 Å². The van der Waals surface area contributed by atoms with E-state index in [0.29, 0.717) is 29.8 Å². The van der Waals surface area contributed by atoms with Crippen molar-refractivity contribution in [3.8, 4) is 0 Å². The zero-order valence-corrected chi connectivity index (χ0v) is 12.3. The number of piperidine rings is 1. The molecule has 2 heterocycles. The van der Waals surface area contributed by atoms with Gasteiger partial charge >= 0.3 is 5.97 Å². The molecule has 0 spiro atoms. The summed E-state index contributed by atoms with van der Waals surface area (Å²) in [5.41, 5.74) is 0.516. The van der Waals surface area contributed by atoms with E-state index in [1.807, 2.05) is 0 Å². The highest BCUT2D eigenvalue weighted by Gasteiger charge is 2.46. The zero-order chi connectivity index (χ0) is 13.6. The largest absolute Gasteiger partial charge is 0.481 e. The average Bonchev–Trinajstić information content (AvgIpc) is 2.76. The van der Waals surface area contributed by atoms with Crippen LogP contribution in [-0.4, -0.2) is 34.1 Å². The highest BCUT2D eigenvalue weighted by Crippen LogP contribution is 2.47. The standard InChI is InChI=1S/C16H27NO2/c1-16(2)6-5-14(10-16)17-12-3-4-13(17)8-11(7-12)9-15(18)19/h11-14H,3-10H2,1-2H3,(H,18,19). The maximum absolute atomic E-state index is 10.9. The van der Waals surface area contributed by atoms with E-state index in [9.17, 15) is 4.79 Å². The van der Waals surface area contributed by atoms with Crippen LogP contribution in [0.1, 0.15) is 65.2 Å². The molecule has 3 rings (SSSR count). The summed E-state index contributed by atoms with van der Waals surface area (Å²) in [4.78, 5) is 13.7. The normalized spacial score (nSPS) is 41.6. The number of hydrogen-bond acceptors (Lipinski definition) is 2. The van der Waals surface area contributed by atoms with Crippen LogP contribution in [0.2, 0.25) is 0 Å². The Hall–Kier alpha value is -0.570. The summed E-state index contributed by atoms with van der Waals surface area (Å²) in [6.45, 7) is 4.79. The second-order valence-corrected chi connectivity index (χ2v) is 7.83. The van der Waals surface area contributed by atoms with Crippen LogP contribution in [0.15, 0.2) is 0 Å². The van der Waals surface area contributed by atoms with Gasteiger partial charge in [0, 0.05) is 24.5 Å². The zero-order valence-electron chi connectivity index (χ0n) is 12.3. The summed E-state index contributed by atoms with van der Waals surface area (Å²) in [7, 11) is 0. The topological polar surface area (TPSA) is 40.5 Å². The summed E-state index contributed by atoms with van der Waals surface area (Å²) in [6, 6.07) is 2.14. The smallest absolute Gasteiger partial charge is 0.303 e. The van der Waals surface area contributed by atoms with Crippen molar-refractivity contribution in [2.75, 3.05) is 0 Å². The molecule has 3 heteroatoms. The van der Waals surface area contributed by atoms with Crippen molar-refractivity contribution < 1.29 is 9.90 Å². The van der Waals surface area contributed by atoms with Gasteiger partial charge in [0.25, 0.3) is 0 Å². The van der Waals surface area contributed by atoms with Gasteiger partial charge in [0.15, 0.2) is 0 Å². The fourth-order valence-electron chi connectivity index (χ4n) is 4.99. The molecule has 3 fully saturated rings. The van der Waals surface area contributed by atoms with Gasteiger partial charge in [-0.25, -0.2) is 0 Å². The first-order valence-corrected chi connectivity index (χ1v) is 7.94. The summed E-state index contributed by atoms with van der Waals surface area (Å²) in [5, 5.41) is 8.99. The SMILES string of the molecule is CC1(C)CCC(N2C3CCC2CC(CC(=O)O)C3)C1. The molecule has 19 heavy (non-hydrogen) atoms. The molecule has 0 aromatic carbocycles. The summed E-state index contributed by atoms with van der Waals surface area (Å²) < 4.78 is 0. The fourth-order valence-corrected chi connectivity index (χ4v) is 4.99. The lowest BCUT2D eigenvalue weighted by molar-refractivity contribution is -0.138. The molecule has 2 bridgehead atoms. The summed E-state index contributed by atoms with van der Waals surface area (Å²) in [6.07, 6.45) is 9.28. The Balaban J connectivity index is 1.65. The lowest BCUT2D eigenvalue weighted by atomic mass is 9.86. The molecule has 3 atom stereocenters. The predicted octanol–water partition coefficient (Wildman–Crippen LogP) is 3.28. The molecule has 3 unspecified atom stereocenters. The number of carbonyl (C=O) groups is 1. The Morgan fingerprint density at radius 2 is 1.79 bits per heavy atom. The van der Waals surface area contributed by atoms with E-state index in [-0.39, 0.29) is 0 Å². The van der Waals surface area contributed by atoms with Crippen LogP contribution in [0, 0.1) is 11.3 Å². The Labute approximate surface area is 116 Å². The molecular weight excluding hydrogens is 238 g/mol. The quantitative estimate of drug-likeness (QED) is 0.851. The van der Waals surface area contributed by atoms with Crippen molar-refractivity contribution in [1.82, 2.24) is 4.90 Å². The van der Waals surface area contributed by atoms with Crippen LogP contribution >= 0.6 is 0 Å². The molecule has 0 amide bonds. The van der Waals surface area contributed by atoms with Crippen molar-refractivity contribution in [2.45, 2.75) is 83.3 Å². The number of nitrogens with zero attached hydrogens (tertiary/aromatic N) is 1. The Kier molecular flexibility index (Phi) is 3.36. The van der Waals surface area contributed by atoms with Gasteiger partial charge in [0.1, 0.15) is 0 Å². The number of fused-ring (bicyclic) bond motifs is 2. The lowest BCUT2D eigenvalue weighted by Gasteiger charge is -2.42. The fraction of sp³-hybridized carbons (Fsp3) is 0.938. The first kappa shape index (κ1) is 13.4. The van der Waals surface area contributed by atoms with Crippen molar-refractivity contribution >= 4 is 5.97 Å². The van der Waals surface area contributed by atoms with Crippen LogP contribution in [-0.2, 0) is 4.79 Å². The second kappa shape index (κ2) is 4.76. The predicted molar refractivity (Wildman–Crippen MR) is 75.0 cm³/mol. The van der Waals surface area contributed by atoms with Gasteiger partial charge in [-0.3, -0.25) is 9.69 Å². The van der Waals surface area contributed by atoms with E-state index >= 15 is 0 Å². The number of rotatable bonds is 3. The molecule has 0 aromatic heterocycles. The van der Waals surface area contributed by atoms with Gasteiger partial charge in [0.05, 0.1) is 0 Å². The van der Waals surface area contributed by atoms with E-state index in [4.69, 9.17) is 5.11 Å². The van der Waals surface area contributed by atoms with E-state index in [0.717, 1.165) is 18.9 Å². The van der Waals surface area contributed by atoms with Crippen LogP contribution < -0.4 is 0 Å². The third kappa shape index (κ3) is 2.67. The number of carboxylic acid groups (broad SMARTS) is 1. The third-order valence-electron chi connectivity index (χ3n) is 5.71. The maximum atomic E-state index is 10.9. The van der Waals surface area contributed by atoms with Crippen molar-refractivity contribution in [3.05, 3.63) is 0 Å². The second-order valence-electron chi connectivity index (χ2n) is 7.83. The third-order valence-corrected chi connectivity index (χ3v) is 5.71. The van der Waals surface area contributed by atoms with Gasteiger partial charge in [-0.1, -0.05) is 13.8 Å². The van der Waals surface area contributed by atoms with E-state index in [1.165, 1.54) is 32.1 Å². The number of hydrogen-bond donors (Lipinski definition) is 1. The highest BCUT2D eigenvalue weighted by molar-refractivity contribution is 5.67. The maximum Gasteiger partial charge on any atom is 0.303 e. The molecule has 1 N–H and O–H groups in total. The average molecular weight is 265 g/mol. The van der Waals surface area contributed by atoms with Crippen molar-refractivity contribution in [1.29, 1.82) is 0 Å². The molecule has 108 valence electrons. The minimum absolute atomic E-state index is 0.386. The minimum Gasteiger partial charge on any atom is -0.481 e. The molecule has 2 saturated heterocycles. The number of aliphatic carboxylic acids is 1. The molecule has 1 aliphatic carbocycles. The monoisotopic (exact) mass is 265 g/mol. The van der Waals surface area contributed by atoms with Crippen LogP contribution in [0.4, 0.5) is 0 Å². The van der Waals surface area contributed by atoms with Crippen molar-refractivity contribution in [2.24, 2.45) is 11.3 Å². The van der Waals surface area contributed by atoms with Crippen molar-refractivity contribution in [3.63, 3.8) is 0 Å². The van der Waals surface area contributed by atoms with Gasteiger partial charge in [-0.2, -0.15) is 0 Å². The lowest BCUT2D eigenvalue weighted by Crippen LogP contribution is -2.48. The Bertz CT molecular complexity index is 352. The molecule has 0 radical (unpaired) electrons. The molecular formula is C16H27NO2. The van der Waals surface area contributed by atoms with Gasteiger partial charge < -0.3 is 5.11 Å². The first-order valence-electron chi connectivity index (χ1n) is 7.94. The molecule has 1 saturated carbocycles. The first-order chi connectivity index (χ1) is 8.94. The summed E-state index contributed by atoms with van der Waals surface area (Å²) >= 11 is 0. The van der Waals surface area contributed by atoms with E-state index in [1.54, 1.807) is 0 Å². The van der Waals surface area contributed by atoms with E-state index in [2.05, 4.69) is 18.7 Å². The van der Waals surface area contributed by atoms with Crippen LogP contribution in [0.25, 0.3) is 0 Å². The number of carboxylic acids is 1. The van der Waals surface area contributed by atoms with E-state index < -0.39 is 5.97 Å². The highest BCUT2D eigenvalue weighted by atomic mass is 16.4. The summed E-state index contributed by atoms with van der Waals surface area (Å²) in [5.74, 6) is -0.180. The van der Waals surface area contributed by atoms with Gasteiger partial charge in [0.2, 0.25) is 0 Å². The molecule has 3 nitrogen and oxygen atoms in total. The molecule has 0 aromatic rings. The Morgan fingerprint density at radius 3 is 2.26 bits per heavy atom.